The second-order valence-electron chi connectivity index (χ2n) is 6.31. The first-order chi connectivity index (χ1) is 13.5. The average molecular weight is 430 g/mol. The van der Waals surface area contributed by atoms with Crippen molar-refractivity contribution in [2.75, 3.05) is 10.6 Å². The van der Waals surface area contributed by atoms with E-state index in [1.165, 1.54) is 23.1 Å². The Balaban J connectivity index is 1.46. The molecule has 2 amide bonds. The summed E-state index contributed by atoms with van der Waals surface area (Å²) in [6, 6.07) is 13.0. The number of halogens is 1. The maximum atomic E-state index is 12.6. The third kappa shape index (κ3) is 4.06. The Morgan fingerprint density at radius 1 is 1.29 bits per heavy atom. The van der Waals surface area contributed by atoms with Gasteiger partial charge in [0.2, 0.25) is 5.91 Å². The summed E-state index contributed by atoms with van der Waals surface area (Å²) in [5, 5.41) is 6.76. The van der Waals surface area contributed by atoms with E-state index in [0.717, 1.165) is 15.3 Å². The maximum Gasteiger partial charge on any atom is 0.257 e. The summed E-state index contributed by atoms with van der Waals surface area (Å²) < 4.78 is 0. The molecule has 1 atom stereocenters. The predicted octanol–water partition coefficient (Wildman–Crippen LogP) is 5.07. The summed E-state index contributed by atoms with van der Waals surface area (Å²) in [6.45, 7) is 1.85. The Kier molecular flexibility index (Phi) is 5.39. The zero-order valence-electron chi connectivity index (χ0n) is 14.9. The smallest absolute Gasteiger partial charge is 0.257 e. The van der Waals surface area contributed by atoms with Gasteiger partial charge in [0.15, 0.2) is 5.13 Å². The van der Waals surface area contributed by atoms with Gasteiger partial charge in [-0.15, -0.1) is 23.1 Å². The van der Waals surface area contributed by atoms with Crippen LogP contribution in [-0.2, 0) is 11.2 Å². The van der Waals surface area contributed by atoms with Gasteiger partial charge in [0.05, 0.1) is 10.9 Å². The average Bonchev–Trinajstić information content (AvgIpc) is 3.11. The number of anilines is 2. The fourth-order valence-corrected chi connectivity index (χ4v) is 4.76. The van der Waals surface area contributed by atoms with Crippen LogP contribution in [-0.4, -0.2) is 22.0 Å². The highest BCUT2D eigenvalue weighted by atomic mass is 35.5. The molecule has 1 unspecified atom stereocenters. The molecular weight excluding hydrogens is 414 g/mol. The van der Waals surface area contributed by atoms with Gasteiger partial charge in [0.1, 0.15) is 0 Å². The second kappa shape index (κ2) is 7.95. The number of thioether (sulfide) groups is 1. The lowest BCUT2D eigenvalue weighted by atomic mass is 10.1. The summed E-state index contributed by atoms with van der Waals surface area (Å²) in [5.74, 6) is -0.321. The molecule has 0 fully saturated rings. The van der Waals surface area contributed by atoms with Gasteiger partial charge in [-0.05, 0) is 36.8 Å². The van der Waals surface area contributed by atoms with E-state index < -0.39 is 0 Å². The molecule has 4 rings (SSSR count). The molecule has 28 heavy (non-hydrogen) atoms. The summed E-state index contributed by atoms with van der Waals surface area (Å²) in [7, 11) is 0. The number of nitrogens with zero attached hydrogens (tertiary/aromatic N) is 1. The summed E-state index contributed by atoms with van der Waals surface area (Å²) in [6.07, 6.45) is 2.40. The number of nitrogens with one attached hydrogen (secondary N) is 2. The van der Waals surface area contributed by atoms with Crippen molar-refractivity contribution in [3.8, 4) is 0 Å². The van der Waals surface area contributed by atoms with Crippen LogP contribution < -0.4 is 10.6 Å². The zero-order chi connectivity index (χ0) is 19.7. The molecule has 5 nitrogen and oxygen atoms in total. The van der Waals surface area contributed by atoms with Gasteiger partial charge < -0.3 is 5.32 Å². The summed E-state index contributed by atoms with van der Waals surface area (Å²) >= 11 is 9.10. The number of rotatable bonds is 4. The molecule has 3 aromatic rings. The molecule has 8 heteroatoms. The number of thiazole rings is 1. The third-order valence-electron chi connectivity index (χ3n) is 4.27. The van der Waals surface area contributed by atoms with E-state index in [1.807, 2.05) is 37.3 Å². The van der Waals surface area contributed by atoms with Crippen molar-refractivity contribution >= 4 is 57.3 Å². The van der Waals surface area contributed by atoms with Crippen molar-refractivity contribution in [1.29, 1.82) is 0 Å². The van der Waals surface area contributed by atoms with E-state index in [4.69, 9.17) is 11.6 Å². The number of benzene rings is 2. The monoisotopic (exact) mass is 429 g/mol. The minimum absolute atomic E-state index is 0.0563. The summed E-state index contributed by atoms with van der Waals surface area (Å²) in [5.41, 5.74) is 2.15. The fraction of sp³-hybridized carbons (Fsp3) is 0.150. The van der Waals surface area contributed by atoms with Crippen LogP contribution in [0.5, 0.6) is 0 Å². The molecule has 0 saturated carbocycles. The molecule has 0 aliphatic carbocycles. The van der Waals surface area contributed by atoms with E-state index in [0.29, 0.717) is 27.8 Å². The molecule has 0 saturated heterocycles. The SMILES string of the molecule is CC1Sc2ccc(C(=O)Nc3ncc(Cc4ccccc4Cl)s3)cc2NC1=O. The highest BCUT2D eigenvalue weighted by molar-refractivity contribution is 8.00. The molecule has 1 aliphatic heterocycles. The van der Waals surface area contributed by atoms with Crippen LogP contribution in [0.4, 0.5) is 10.8 Å². The Labute approximate surface area is 175 Å². The van der Waals surface area contributed by atoms with Crippen LogP contribution in [0.15, 0.2) is 53.6 Å². The van der Waals surface area contributed by atoms with E-state index in [-0.39, 0.29) is 17.1 Å². The van der Waals surface area contributed by atoms with Gasteiger partial charge in [0, 0.05) is 33.0 Å². The molecular formula is C20H16ClN3O2S2. The van der Waals surface area contributed by atoms with Crippen molar-refractivity contribution in [3.05, 3.63) is 69.7 Å². The third-order valence-corrected chi connectivity index (χ3v) is 6.73. The van der Waals surface area contributed by atoms with Crippen LogP contribution in [0.1, 0.15) is 27.7 Å². The van der Waals surface area contributed by atoms with Crippen molar-refractivity contribution in [3.63, 3.8) is 0 Å². The molecule has 1 aliphatic rings. The molecule has 142 valence electrons. The molecule has 2 aromatic carbocycles. The first-order valence-electron chi connectivity index (χ1n) is 8.60. The normalized spacial score (nSPS) is 15.6. The minimum atomic E-state index is -0.265. The molecule has 2 heterocycles. The van der Waals surface area contributed by atoms with Crippen LogP contribution in [0.3, 0.4) is 0 Å². The second-order valence-corrected chi connectivity index (χ2v) is 9.22. The highest BCUT2D eigenvalue weighted by Gasteiger charge is 2.24. The van der Waals surface area contributed by atoms with Gasteiger partial charge in [0.25, 0.3) is 5.91 Å². The van der Waals surface area contributed by atoms with Crippen molar-refractivity contribution in [2.45, 2.75) is 23.5 Å². The molecule has 2 N–H and O–H groups in total. The van der Waals surface area contributed by atoms with Crippen molar-refractivity contribution in [2.24, 2.45) is 0 Å². The lowest BCUT2D eigenvalue weighted by Gasteiger charge is -2.21. The van der Waals surface area contributed by atoms with E-state index in [1.54, 1.807) is 18.3 Å². The fourth-order valence-electron chi connectivity index (χ4n) is 2.80. The predicted molar refractivity (Wildman–Crippen MR) is 115 cm³/mol. The van der Waals surface area contributed by atoms with Crippen LogP contribution >= 0.6 is 34.7 Å². The van der Waals surface area contributed by atoms with E-state index >= 15 is 0 Å². The summed E-state index contributed by atoms with van der Waals surface area (Å²) in [4.78, 5) is 30.7. The molecule has 0 spiro atoms. The Hall–Kier alpha value is -2.35. The Morgan fingerprint density at radius 3 is 2.93 bits per heavy atom. The number of hydrogen-bond acceptors (Lipinski definition) is 5. The maximum absolute atomic E-state index is 12.6. The first kappa shape index (κ1) is 19.0. The largest absolute Gasteiger partial charge is 0.324 e. The Bertz CT molecular complexity index is 1070. The number of hydrogen-bond donors (Lipinski definition) is 2. The standard InChI is InChI=1S/C20H16ClN3O2S2/c1-11-18(25)23-16-9-13(6-7-17(16)27-11)19(26)24-20-22-10-14(28-20)8-12-4-2-3-5-15(12)21/h2-7,9-11H,8H2,1H3,(H,23,25)(H,22,24,26). The van der Waals surface area contributed by atoms with Gasteiger partial charge >= 0.3 is 0 Å². The van der Waals surface area contributed by atoms with Crippen molar-refractivity contribution < 1.29 is 9.59 Å². The van der Waals surface area contributed by atoms with Gasteiger partial charge in [-0.25, -0.2) is 4.98 Å². The van der Waals surface area contributed by atoms with E-state index in [2.05, 4.69) is 15.6 Å². The van der Waals surface area contributed by atoms with Crippen LogP contribution in [0.2, 0.25) is 5.02 Å². The Morgan fingerprint density at radius 2 is 2.11 bits per heavy atom. The number of carbonyl (C=O) groups excluding carboxylic acids is 2. The van der Waals surface area contributed by atoms with Gasteiger partial charge in [-0.1, -0.05) is 29.8 Å². The molecule has 1 aromatic heterocycles. The topological polar surface area (TPSA) is 71.1 Å². The minimum Gasteiger partial charge on any atom is -0.324 e. The number of carbonyl (C=O) groups is 2. The van der Waals surface area contributed by atoms with Gasteiger partial charge in [-0.3, -0.25) is 14.9 Å². The number of fused-ring (bicyclic) bond motifs is 1. The highest BCUT2D eigenvalue weighted by Crippen LogP contribution is 2.36. The van der Waals surface area contributed by atoms with Crippen molar-refractivity contribution in [1.82, 2.24) is 4.98 Å². The van der Waals surface area contributed by atoms with Gasteiger partial charge in [-0.2, -0.15) is 0 Å². The lowest BCUT2D eigenvalue weighted by Crippen LogP contribution is -2.26. The number of amides is 2. The zero-order valence-corrected chi connectivity index (χ0v) is 17.3. The quantitative estimate of drug-likeness (QED) is 0.607. The first-order valence-corrected chi connectivity index (χ1v) is 10.7. The lowest BCUT2D eigenvalue weighted by molar-refractivity contribution is -0.115. The molecule has 0 radical (unpaired) electrons. The van der Waals surface area contributed by atoms with E-state index in [9.17, 15) is 9.59 Å². The van der Waals surface area contributed by atoms with Crippen LogP contribution in [0.25, 0.3) is 0 Å². The molecule has 0 bridgehead atoms. The number of aromatic nitrogens is 1. The van der Waals surface area contributed by atoms with Crippen LogP contribution in [0, 0.1) is 0 Å².